The minimum absolute atomic E-state index is 0.0363. The standard InChI is InChI=1S/C12H16NO3.3C4H9.Sn/c1-10(8-15-2)13-12(14)16-9-11-6-4-3-5-7-11;3*1-3-4-2;/h3-7,10H,2,8-9H2,1H3,(H,13,14);3*1,3-4H2,2H3;. The zero-order chi connectivity index (χ0) is 21.4. The van der Waals surface area contributed by atoms with Gasteiger partial charge in [-0.05, 0) is 0 Å². The van der Waals surface area contributed by atoms with Crippen LogP contribution in [0.2, 0.25) is 13.3 Å². The van der Waals surface area contributed by atoms with Crippen LogP contribution in [0, 0.1) is 0 Å². The molecule has 1 rings (SSSR count). The van der Waals surface area contributed by atoms with Crippen LogP contribution in [-0.2, 0) is 16.1 Å². The number of unbranched alkanes of at least 4 members (excludes halogenated alkanes) is 3. The molecule has 1 amide bonds. The molecule has 0 heterocycles. The molecule has 0 aliphatic heterocycles. The molecule has 0 radical (unpaired) electrons. The van der Waals surface area contributed by atoms with Gasteiger partial charge in [-0.2, -0.15) is 0 Å². The molecule has 0 saturated heterocycles. The van der Waals surface area contributed by atoms with Gasteiger partial charge in [-0.1, -0.05) is 0 Å². The van der Waals surface area contributed by atoms with Crippen molar-refractivity contribution in [3.05, 3.63) is 35.9 Å². The van der Waals surface area contributed by atoms with Gasteiger partial charge in [-0.25, -0.2) is 0 Å². The van der Waals surface area contributed by atoms with Gasteiger partial charge in [-0.3, -0.25) is 0 Å². The Bertz CT molecular complexity index is 516. The summed E-state index contributed by atoms with van der Waals surface area (Å²) in [4.78, 5) is 12.0. The SMILES string of the molecule is CCC[CH2][Sn]([CH2]CCC)([CH2]CCC)[CH2]OCC(C)NC(=O)OCc1ccccc1. The molecule has 1 aromatic rings. The maximum absolute atomic E-state index is 12.0. The Morgan fingerprint density at radius 2 is 1.52 bits per heavy atom. The Labute approximate surface area is 183 Å². The van der Waals surface area contributed by atoms with Crippen molar-refractivity contribution in [1.82, 2.24) is 5.32 Å². The van der Waals surface area contributed by atoms with Crippen LogP contribution in [0.15, 0.2) is 30.3 Å². The molecule has 1 aromatic carbocycles. The van der Waals surface area contributed by atoms with Crippen molar-refractivity contribution in [2.24, 2.45) is 0 Å². The molecular formula is C24H43NO3Sn. The third-order valence-electron chi connectivity index (χ3n) is 5.54. The fourth-order valence-electron chi connectivity index (χ4n) is 3.71. The molecule has 5 heteroatoms. The summed E-state index contributed by atoms with van der Waals surface area (Å²) >= 11 is -2.25. The third kappa shape index (κ3) is 11.9. The molecule has 29 heavy (non-hydrogen) atoms. The second kappa shape index (κ2) is 16.0. The Balaban J connectivity index is 2.44. The first kappa shape index (κ1) is 26.3. The van der Waals surface area contributed by atoms with Gasteiger partial charge in [0.1, 0.15) is 0 Å². The molecule has 0 spiro atoms. The fraction of sp³-hybridized carbons (Fsp3) is 0.708. The quantitative estimate of drug-likeness (QED) is 0.251. The number of benzene rings is 1. The molecule has 0 aliphatic rings. The van der Waals surface area contributed by atoms with Crippen molar-refractivity contribution in [1.29, 1.82) is 0 Å². The van der Waals surface area contributed by atoms with Crippen LogP contribution in [0.25, 0.3) is 0 Å². The van der Waals surface area contributed by atoms with Crippen molar-refractivity contribution in [3.63, 3.8) is 0 Å². The number of nitrogens with one attached hydrogen (secondary N) is 1. The van der Waals surface area contributed by atoms with E-state index >= 15 is 0 Å². The number of rotatable bonds is 16. The Hall–Kier alpha value is -0.751. The minimum atomic E-state index is -2.25. The van der Waals surface area contributed by atoms with Crippen molar-refractivity contribution in [3.8, 4) is 0 Å². The normalized spacial score (nSPS) is 12.6. The molecule has 4 nitrogen and oxygen atoms in total. The van der Waals surface area contributed by atoms with Crippen LogP contribution < -0.4 is 5.32 Å². The van der Waals surface area contributed by atoms with Crippen molar-refractivity contribution >= 4 is 24.5 Å². The van der Waals surface area contributed by atoms with Gasteiger partial charge >= 0.3 is 183 Å². The molecule has 166 valence electrons. The zero-order valence-electron chi connectivity index (χ0n) is 19.2. The van der Waals surface area contributed by atoms with Crippen LogP contribution in [0.3, 0.4) is 0 Å². The molecule has 0 aromatic heterocycles. The van der Waals surface area contributed by atoms with Crippen LogP contribution >= 0.6 is 0 Å². The van der Waals surface area contributed by atoms with E-state index in [4.69, 9.17) is 9.47 Å². The number of ether oxygens (including phenoxy) is 2. The summed E-state index contributed by atoms with van der Waals surface area (Å²) < 4.78 is 16.9. The molecule has 1 atom stereocenters. The molecule has 1 N–H and O–H groups in total. The molecular weight excluding hydrogens is 469 g/mol. The van der Waals surface area contributed by atoms with E-state index in [0.29, 0.717) is 13.2 Å². The molecule has 0 fully saturated rings. The summed E-state index contributed by atoms with van der Waals surface area (Å²) in [7, 11) is 0. The summed E-state index contributed by atoms with van der Waals surface area (Å²) in [5.41, 5.74) is 0.994. The predicted octanol–water partition coefficient (Wildman–Crippen LogP) is 6.71. The summed E-state index contributed by atoms with van der Waals surface area (Å²) in [6.07, 6.45) is 7.53. The summed E-state index contributed by atoms with van der Waals surface area (Å²) in [5, 5.41) is 2.90. The second-order valence-corrected chi connectivity index (χ2v) is 22.1. The number of carbonyl (C=O) groups excluding carboxylic acids is 1. The van der Waals surface area contributed by atoms with Crippen LogP contribution in [-0.4, -0.2) is 41.7 Å². The van der Waals surface area contributed by atoms with Gasteiger partial charge in [0.15, 0.2) is 0 Å². The maximum atomic E-state index is 12.0. The average molecular weight is 512 g/mol. The van der Waals surface area contributed by atoms with E-state index in [9.17, 15) is 4.79 Å². The van der Waals surface area contributed by atoms with Crippen LogP contribution in [0.1, 0.15) is 71.8 Å². The van der Waals surface area contributed by atoms with Crippen molar-refractivity contribution in [2.45, 2.75) is 92.2 Å². The van der Waals surface area contributed by atoms with Gasteiger partial charge < -0.3 is 0 Å². The van der Waals surface area contributed by atoms with Crippen LogP contribution in [0.5, 0.6) is 0 Å². The van der Waals surface area contributed by atoms with Gasteiger partial charge in [0.2, 0.25) is 0 Å². The zero-order valence-corrected chi connectivity index (χ0v) is 22.0. The molecule has 0 bridgehead atoms. The first-order valence-electron chi connectivity index (χ1n) is 11.6. The predicted molar refractivity (Wildman–Crippen MR) is 125 cm³/mol. The molecule has 0 aliphatic carbocycles. The van der Waals surface area contributed by atoms with E-state index in [1.807, 2.05) is 37.3 Å². The summed E-state index contributed by atoms with van der Waals surface area (Å²) in [5.74, 6) is 0. The van der Waals surface area contributed by atoms with E-state index < -0.39 is 18.4 Å². The van der Waals surface area contributed by atoms with Crippen molar-refractivity contribution in [2.75, 3.05) is 11.2 Å². The Morgan fingerprint density at radius 3 is 2.03 bits per heavy atom. The Morgan fingerprint density at radius 1 is 0.966 bits per heavy atom. The van der Waals surface area contributed by atoms with E-state index in [1.54, 1.807) is 0 Å². The first-order valence-corrected chi connectivity index (χ1v) is 19.7. The first-order chi connectivity index (χ1) is 14.0. The molecule has 1 unspecified atom stereocenters. The van der Waals surface area contributed by atoms with Gasteiger partial charge in [0.25, 0.3) is 0 Å². The van der Waals surface area contributed by atoms with Gasteiger partial charge in [0.05, 0.1) is 0 Å². The van der Waals surface area contributed by atoms with E-state index in [2.05, 4.69) is 26.1 Å². The van der Waals surface area contributed by atoms with Crippen molar-refractivity contribution < 1.29 is 14.3 Å². The second-order valence-electron chi connectivity index (χ2n) is 8.43. The van der Waals surface area contributed by atoms with Crippen LogP contribution in [0.4, 0.5) is 4.79 Å². The summed E-state index contributed by atoms with van der Waals surface area (Å²) in [6.45, 7) is 9.75. The van der Waals surface area contributed by atoms with E-state index in [1.165, 1.54) is 51.8 Å². The van der Waals surface area contributed by atoms with E-state index in [-0.39, 0.29) is 12.1 Å². The number of carbonyl (C=O) groups is 1. The topological polar surface area (TPSA) is 47.6 Å². The number of alkyl carbamates (subject to hydrolysis) is 1. The van der Waals surface area contributed by atoms with E-state index in [0.717, 1.165) is 10.2 Å². The Kier molecular flexibility index (Phi) is 14.5. The molecule has 0 saturated carbocycles. The number of hydrogen-bond donors (Lipinski definition) is 1. The number of amides is 1. The fourth-order valence-corrected chi connectivity index (χ4v) is 18.1. The third-order valence-corrected chi connectivity index (χ3v) is 20.0. The average Bonchev–Trinajstić information content (AvgIpc) is 2.73. The summed E-state index contributed by atoms with van der Waals surface area (Å²) in [6, 6.07) is 9.72. The monoisotopic (exact) mass is 513 g/mol. The van der Waals surface area contributed by atoms with Gasteiger partial charge in [-0.15, -0.1) is 0 Å². The number of hydrogen-bond acceptors (Lipinski definition) is 3. The van der Waals surface area contributed by atoms with Gasteiger partial charge in [0, 0.05) is 0 Å².